The standard InChI is InChI=1S/C28H22O/c1-21(29)25-19-11-12-20-26(25)28(24-17-9-4-10-18-24)27(22-13-5-2-6-14-22)23-15-7-3-8-16-23/h2-20H,1H3. The molecule has 0 saturated carbocycles. The zero-order valence-corrected chi connectivity index (χ0v) is 16.4. The second-order valence-corrected chi connectivity index (χ2v) is 6.95. The molecule has 4 rings (SSSR count). The van der Waals surface area contributed by atoms with Gasteiger partial charge in [-0.2, -0.15) is 0 Å². The van der Waals surface area contributed by atoms with Crippen LogP contribution in [0.2, 0.25) is 0 Å². The van der Waals surface area contributed by atoms with Crippen LogP contribution in [0.25, 0.3) is 11.1 Å². The molecule has 4 aromatic carbocycles. The van der Waals surface area contributed by atoms with Gasteiger partial charge in [0.1, 0.15) is 0 Å². The van der Waals surface area contributed by atoms with Gasteiger partial charge < -0.3 is 0 Å². The second-order valence-electron chi connectivity index (χ2n) is 6.95. The molecule has 1 heteroatoms. The molecule has 1 nitrogen and oxygen atoms in total. The minimum Gasteiger partial charge on any atom is -0.294 e. The Hall–Kier alpha value is -3.71. The quantitative estimate of drug-likeness (QED) is 0.274. The largest absolute Gasteiger partial charge is 0.294 e. The minimum absolute atomic E-state index is 0.0644. The monoisotopic (exact) mass is 374 g/mol. The van der Waals surface area contributed by atoms with Gasteiger partial charge in [0.05, 0.1) is 0 Å². The first-order chi connectivity index (χ1) is 14.3. The highest BCUT2D eigenvalue weighted by Crippen LogP contribution is 2.38. The summed E-state index contributed by atoms with van der Waals surface area (Å²) in [5.74, 6) is 0.0644. The maximum atomic E-state index is 12.5. The summed E-state index contributed by atoms with van der Waals surface area (Å²) < 4.78 is 0. The van der Waals surface area contributed by atoms with Gasteiger partial charge in [-0.1, -0.05) is 115 Å². The van der Waals surface area contributed by atoms with Crippen LogP contribution in [0.4, 0.5) is 0 Å². The Morgan fingerprint density at radius 2 is 0.793 bits per heavy atom. The van der Waals surface area contributed by atoms with Gasteiger partial charge in [-0.15, -0.1) is 0 Å². The van der Waals surface area contributed by atoms with E-state index in [0.29, 0.717) is 0 Å². The van der Waals surface area contributed by atoms with E-state index in [4.69, 9.17) is 0 Å². The summed E-state index contributed by atoms with van der Waals surface area (Å²) in [6.07, 6.45) is 0. The molecule has 0 bridgehead atoms. The third-order valence-electron chi connectivity index (χ3n) is 5.01. The fourth-order valence-electron chi connectivity index (χ4n) is 3.71. The van der Waals surface area contributed by atoms with Crippen LogP contribution in [0.1, 0.15) is 39.5 Å². The Morgan fingerprint density at radius 3 is 1.21 bits per heavy atom. The summed E-state index contributed by atoms with van der Waals surface area (Å²) in [5, 5.41) is 0. The molecule has 0 aliphatic heterocycles. The Labute approximate surface area is 172 Å². The third-order valence-corrected chi connectivity index (χ3v) is 5.01. The van der Waals surface area contributed by atoms with Gasteiger partial charge in [0.2, 0.25) is 0 Å². The predicted octanol–water partition coefficient (Wildman–Crippen LogP) is 6.90. The van der Waals surface area contributed by atoms with Crippen molar-refractivity contribution in [2.45, 2.75) is 6.92 Å². The van der Waals surface area contributed by atoms with Crippen LogP contribution in [0.5, 0.6) is 0 Å². The third kappa shape index (κ3) is 3.95. The molecule has 0 unspecified atom stereocenters. The summed E-state index contributed by atoms with van der Waals surface area (Å²) in [7, 11) is 0. The van der Waals surface area contributed by atoms with Crippen LogP contribution in [0.15, 0.2) is 115 Å². The van der Waals surface area contributed by atoms with Crippen LogP contribution in [0.3, 0.4) is 0 Å². The zero-order valence-electron chi connectivity index (χ0n) is 16.4. The van der Waals surface area contributed by atoms with E-state index in [-0.39, 0.29) is 5.78 Å². The SMILES string of the molecule is CC(=O)c1ccccc1C(=C(c1ccccc1)c1ccccc1)c1ccccc1. The Morgan fingerprint density at radius 1 is 0.448 bits per heavy atom. The van der Waals surface area contributed by atoms with Gasteiger partial charge in [0.25, 0.3) is 0 Å². The van der Waals surface area contributed by atoms with Crippen LogP contribution >= 0.6 is 0 Å². The van der Waals surface area contributed by atoms with E-state index in [1.807, 2.05) is 54.6 Å². The number of Topliss-reactive ketones (excluding diaryl/α,β-unsaturated/α-hetero) is 1. The number of benzene rings is 4. The number of ketones is 1. The van der Waals surface area contributed by atoms with Crippen LogP contribution in [-0.2, 0) is 0 Å². The molecule has 0 aromatic heterocycles. The normalized spacial score (nSPS) is 10.4. The average Bonchev–Trinajstić information content (AvgIpc) is 2.79. The highest BCUT2D eigenvalue weighted by molar-refractivity contribution is 6.09. The van der Waals surface area contributed by atoms with Crippen molar-refractivity contribution < 1.29 is 4.79 Å². The van der Waals surface area contributed by atoms with Gasteiger partial charge in [-0.25, -0.2) is 0 Å². The molecular weight excluding hydrogens is 352 g/mol. The molecule has 0 radical (unpaired) electrons. The molecule has 0 saturated heterocycles. The van der Waals surface area contributed by atoms with Crippen LogP contribution in [0, 0.1) is 0 Å². The number of hydrogen-bond acceptors (Lipinski definition) is 1. The lowest BCUT2D eigenvalue weighted by Crippen LogP contribution is -2.03. The van der Waals surface area contributed by atoms with Gasteiger partial charge in [-0.05, 0) is 40.3 Å². The predicted molar refractivity (Wildman–Crippen MR) is 121 cm³/mol. The Kier molecular flexibility index (Phi) is 5.49. The number of carbonyl (C=O) groups is 1. The number of carbonyl (C=O) groups excluding carboxylic acids is 1. The molecule has 0 fully saturated rings. The van der Waals surface area contributed by atoms with Crippen molar-refractivity contribution in [3.8, 4) is 0 Å². The van der Waals surface area contributed by atoms with Gasteiger partial charge >= 0.3 is 0 Å². The van der Waals surface area contributed by atoms with E-state index in [0.717, 1.165) is 39.0 Å². The topological polar surface area (TPSA) is 17.1 Å². The maximum Gasteiger partial charge on any atom is 0.160 e. The van der Waals surface area contributed by atoms with Gasteiger partial charge in [0, 0.05) is 5.56 Å². The van der Waals surface area contributed by atoms with E-state index in [1.165, 1.54) is 0 Å². The Bertz CT molecular complexity index is 1100. The van der Waals surface area contributed by atoms with Crippen molar-refractivity contribution in [3.63, 3.8) is 0 Å². The van der Waals surface area contributed by atoms with Gasteiger partial charge in [-0.3, -0.25) is 4.79 Å². The molecule has 29 heavy (non-hydrogen) atoms. The molecule has 0 amide bonds. The summed E-state index contributed by atoms with van der Waals surface area (Å²) >= 11 is 0. The molecule has 4 aromatic rings. The fraction of sp³-hybridized carbons (Fsp3) is 0.0357. The minimum atomic E-state index is 0.0644. The lowest BCUT2D eigenvalue weighted by Gasteiger charge is -2.19. The van der Waals surface area contributed by atoms with Crippen molar-refractivity contribution in [3.05, 3.63) is 143 Å². The van der Waals surface area contributed by atoms with Crippen LogP contribution in [-0.4, -0.2) is 5.78 Å². The fourth-order valence-corrected chi connectivity index (χ4v) is 3.71. The molecule has 0 heterocycles. The summed E-state index contributed by atoms with van der Waals surface area (Å²) in [5.41, 5.74) is 7.19. The lowest BCUT2D eigenvalue weighted by molar-refractivity contribution is 0.101. The summed E-state index contributed by atoms with van der Waals surface area (Å²) in [6.45, 7) is 1.63. The van der Waals surface area contributed by atoms with E-state index >= 15 is 0 Å². The first-order valence-corrected chi connectivity index (χ1v) is 9.76. The van der Waals surface area contributed by atoms with Crippen molar-refractivity contribution in [1.29, 1.82) is 0 Å². The van der Waals surface area contributed by atoms with E-state index < -0.39 is 0 Å². The van der Waals surface area contributed by atoms with Crippen LogP contribution < -0.4 is 0 Å². The number of rotatable bonds is 5. The van der Waals surface area contributed by atoms with Gasteiger partial charge in [0.15, 0.2) is 5.78 Å². The molecule has 0 atom stereocenters. The first kappa shape index (κ1) is 18.6. The molecule has 0 aliphatic rings. The summed E-state index contributed by atoms with van der Waals surface area (Å²) in [6, 6.07) is 39.0. The molecule has 140 valence electrons. The smallest absolute Gasteiger partial charge is 0.160 e. The second kappa shape index (κ2) is 8.53. The van der Waals surface area contributed by atoms with E-state index in [9.17, 15) is 4.79 Å². The molecule has 0 N–H and O–H groups in total. The Balaban J connectivity index is 2.15. The maximum absolute atomic E-state index is 12.5. The van der Waals surface area contributed by atoms with Crippen molar-refractivity contribution >= 4 is 16.9 Å². The van der Waals surface area contributed by atoms with E-state index in [2.05, 4.69) is 60.7 Å². The van der Waals surface area contributed by atoms with Crippen molar-refractivity contribution in [2.24, 2.45) is 0 Å². The number of hydrogen-bond donors (Lipinski definition) is 0. The van der Waals surface area contributed by atoms with Crippen molar-refractivity contribution in [1.82, 2.24) is 0 Å². The highest BCUT2D eigenvalue weighted by atomic mass is 16.1. The highest BCUT2D eigenvalue weighted by Gasteiger charge is 2.19. The lowest BCUT2D eigenvalue weighted by atomic mass is 9.83. The molecule has 0 aliphatic carbocycles. The first-order valence-electron chi connectivity index (χ1n) is 9.76. The average molecular weight is 374 g/mol. The molecular formula is C28H22O. The van der Waals surface area contributed by atoms with Crippen molar-refractivity contribution in [2.75, 3.05) is 0 Å². The summed E-state index contributed by atoms with van der Waals surface area (Å²) in [4.78, 5) is 12.5. The van der Waals surface area contributed by atoms with E-state index in [1.54, 1.807) is 6.92 Å². The zero-order chi connectivity index (χ0) is 20.1. The molecule has 0 spiro atoms.